The zero-order valence-corrected chi connectivity index (χ0v) is 19.1. The summed E-state index contributed by atoms with van der Waals surface area (Å²) in [5, 5.41) is 14.0. The quantitative estimate of drug-likeness (QED) is 0.364. The maximum atomic E-state index is 13.5. The number of alkyl halides is 3. The van der Waals surface area contributed by atoms with Gasteiger partial charge in [0.2, 0.25) is 0 Å². The number of rotatable bonds is 5. The predicted octanol–water partition coefficient (Wildman–Crippen LogP) is 6.20. The average molecular weight is 467 g/mol. The third-order valence-corrected chi connectivity index (χ3v) is 5.37. The van der Waals surface area contributed by atoms with Crippen molar-refractivity contribution in [2.75, 3.05) is 5.32 Å². The molecule has 4 heterocycles. The van der Waals surface area contributed by atoms with Gasteiger partial charge in [-0.25, -0.2) is 15.0 Å². The van der Waals surface area contributed by atoms with Crippen LogP contribution in [0.2, 0.25) is 0 Å². The van der Waals surface area contributed by atoms with Crippen LogP contribution in [0.4, 0.5) is 24.7 Å². The topological polar surface area (TPSA) is 83.8 Å². The maximum Gasteiger partial charge on any atom is 0.418 e. The van der Waals surface area contributed by atoms with E-state index >= 15 is 0 Å². The van der Waals surface area contributed by atoms with Crippen LogP contribution < -0.4 is 5.32 Å². The lowest BCUT2D eigenvalue weighted by molar-refractivity contribution is -0.137. The van der Waals surface area contributed by atoms with Crippen molar-refractivity contribution in [3.05, 3.63) is 71.7 Å². The first-order chi connectivity index (χ1) is 15.9. The third-order valence-electron chi connectivity index (χ3n) is 5.37. The Bertz CT molecular complexity index is 1330. The van der Waals surface area contributed by atoms with Gasteiger partial charge in [-0.3, -0.25) is 4.98 Å². The fourth-order valence-corrected chi connectivity index (χ4v) is 3.46. The van der Waals surface area contributed by atoms with E-state index in [2.05, 4.69) is 25.3 Å². The monoisotopic (exact) mass is 467 g/mol. The molecule has 0 fully saturated rings. The molecule has 0 saturated carbocycles. The molecule has 6 nitrogen and oxygen atoms in total. The van der Waals surface area contributed by atoms with Gasteiger partial charge in [0, 0.05) is 29.0 Å². The van der Waals surface area contributed by atoms with Crippen molar-refractivity contribution in [1.82, 2.24) is 19.9 Å². The van der Waals surface area contributed by atoms with Crippen LogP contribution in [0, 0.1) is 0 Å². The Morgan fingerprint density at radius 1 is 0.971 bits per heavy atom. The molecule has 0 aliphatic rings. The molecule has 34 heavy (non-hydrogen) atoms. The van der Waals surface area contributed by atoms with E-state index in [9.17, 15) is 18.3 Å². The Morgan fingerprint density at radius 2 is 1.74 bits per heavy atom. The molecule has 4 aromatic heterocycles. The molecule has 0 aliphatic heterocycles. The standard InChI is InChI=1S/C25H24F3N5O/c1-14(2)19-12-20(31-21-10-7-15(13-30-21)24(3,4)34)16-8-9-18(32-23(16)33-19)22-17(25(26,27)28)6-5-11-29-22/h5-14,34H,1-4H3,(H,30,31,32,33). The molecule has 0 aliphatic carbocycles. The second-order valence-corrected chi connectivity index (χ2v) is 8.83. The minimum Gasteiger partial charge on any atom is -0.386 e. The van der Waals surface area contributed by atoms with Gasteiger partial charge >= 0.3 is 6.18 Å². The molecule has 0 saturated heterocycles. The molecule has 0 amide bonds. The van der Waals surface area contributed by atoms with Gasteiger partial charge in [0.1, 0.15) is 11.5 Å². The number of halogens is 3. The molecular weight excluding hydrogens is 443 g/mol. The second-order valence-electron chi connectivity index (χ2n) is 8.83. The molecule has 4 rings (SSSR count). The fraction of sp³-hybridized carbons (Fsp3) is 0.280. The second kappa shape index (κ2) is 8.64. The first kappa shape index (κ1) is 23.6. The summed E-state index contributed by atoms with van der Waals surface area (Å²) in [4.78, 5) is 17.4. The number of fused-ring (bicyclic) bond motifs is 1. The molecule has 0 unspecified atom stereocenters. The summed E-state index contributed by atoms with van der Waals surface area (Å²) in [7, 11) is 0. The Balaban J connectivity index is 1.80. The van der Waals surface area contributed by atoms with Crippen LogP contribution in [0.25, 0.3) is 22.4 Å². The minimum absolute atomic E-state index is 0.0570. The molecular formula is C25H24F3N5O. The summed E-state index contributed by atoms with van der Waals surface area (Å²) in [6, 6.07) is 10.8. The van der Waals surface area contributed by atoms with Gasteiger partial charge in [-0.2, -0.15) is 13.2 Å². The lowest BCUT2D eigenvalue weighted by atomic mass is 10.0. The molecule has 0 spiro atoms. The molecule has 9 heteroatoms. The van der Waals surface area contributed by atoms with Crippen molar-refractivity contribution >= 4 is 22.5 Å². The number of aliphatic hydroxyl groups is 1. The highest BCUT2D eigenvalue weighted by Gasteiger charge is 2.34. The number of anilines is 2. The van der Waals surface area contributed by atoms with E-state index in [1.165, 1.54) is 18.3 Å². The van der Waals surface area contributed by atoms with Crippen molar-refractivity contribution in [2.24, 2.45) is 0 Å². The summed E-state index contributed by atoms with van der Waals surface area (Å²) >= 11 is 0. The van der Waals surface area contributed by atoms with Crippen LogP contribution in [0.5, 0.6) is 0 Å². The molecule has 0 atom stereocenters. The number of hydrogen-bond donors (Lipinski definition) is 2. The van der Waals surface area contributed by atoms with E-state index in [1.807, 2.05) is 19.9 Å². The van der Waals surface area contributed by atoms with Crippen LogP contribution >= 0.6 is 0 Å². The van der Waals surface area contributed by atoms with Gasteiger partial charge in [0.05, 0.1) is 22.5 Å². The average Bonchev–Trinajstić information content (AvgIpc) is 2.77. The minimum atomic E-state index is -4.55. The van der Waals surface area contributed by atoms with Crippen LogP contribution in [0.3, 0.4) is 0 Å². The van der Waals surface area contributed by atoms with Crippen molar-refractivity contribution in [2.45, 2.75) is 45.4 Å². The SMILES string of the molecule is CC(C)c1cc(Nc2ccc(C(C)(C)O)cn2)c2ccc(-c3ncccc3C(F)(F)F)nc2n1. The van der Waals surface area contributed by atoms with Crippen molar-refractivity contribution in [1.29, 1.82) is 0 Å². The number of nitrogens with one attached hydrogen (secondary N) is 1. The van der Waals surface area contributed by atoms with E-state index in [-0.39, 0.29) is 17.3 Å². The first-order valence-corrected chi connectivity index (χ1v) is 10.7. The van der Waals surface area contributed by atoms with Gasteiger partial charge in [0.25, 0.3) is 0 Å². The van der Waals surface area contributed by atoms with E-state index < -0.39 is 17.3 Å². The fourth-order valence-electron chi connectivity index (χ4n) is 3.46. The van der Waals surface area contributed by atoms with Crippen LogP contribution in [0.1, 0.15) is 50.4 Å². The smallest absolute Gasteiger partial charge is 0.386 e. The van der Waals surface area contributed by atoms with Gasteiger partial charge in [-0.15, -0.1) is 0 Å². The van der Waals surface area contributed by atoms with E-state index in [4.69, 9.17) is 0 Å². The van der Waals surface area contributed by atoms with E-state index in [0.29, 0.717) is 28.1 Å². The number of nitrogens with zero attached hydrogens (tertiary/aromatic N) is 4. The Hall–Kier alpha value is -3.59. The van der Waals surface area contributed by atoms with E-state index in [1.54, 1.807) is 38.2 Å². The molecule has 0 radical (unpaired) electrons. The largest absolute Gasteiger partial charge is 0.418 e. The molecule has 0 bridgehead atoms. The van der Waals surface area contributed by atoms with Crippen molar-refractivity contribution in [3.8, 4) is 11.4 Å². The zero-order chi connectivity index (χ0) is 24.7. The summed E-state index contributed by atoms with van der Waals surface area (Å²) in [5.41, 5.74) is 0.357. The van der Waals surface area contributed by atoms with Crippen LogP contribution in [-0.2, 0) is 11.8 Å². The van der Waals surface area contributed by atoms with Crippen molar-refractivity contribution < 1.29 is 18.3 Å². The summed E-state index contributed by atoms with van der Waals surface area (Å²) < 4.78 is 40.5. The lowest BCUT2D eigenvalue weighted by Gasteiger charge is -2.18. The third kappa shape index (κ3) is 4.84. The van der Waals surface area contributed by atoms with Crippen molar-refractivity contribution in [3.63, 3.8) is 0 Å². The lowest BCUT2D eigenvalue weighted by Crippen LogP contribution is -2.15. The molecule has 176 valence electrons. The summed E-state index contributed by atoms with van der Waals surface area (Å²) in [5.74, 6) is 0.602. The van der Waals surface area contributed by atoms with E-state index in [0.717, 1.165) is 11.8 Å². The highest BCUT2D eigenvalue weighted by molar-refractivity contribution is 5.92. The predicted molar refractivity (Wildman–Crippen MR) is 125 cm³/mol. The highest BCUT2D eigenvalue weighted by Crippen LogP contribution is 2.36. The Labute approximate surface area is 195 Å². The summed E-state index contributed by atoms with van der Waals surface area (Å²) in [6.45, 7) is 7.30. The normalized spacial score (nSPS) is 12.4. The maximum absolute atomic E-state index is 13.5. The molecule has 4 aromatic rings. The number of hydrogen-bond acceptors (Lipinski definition) is 6. The number of aromatic nitrogens is 4. The summed E-state index contributed by atoms with van der Waals surface area (Å²) in [6.07, 6.45) is -1.66. The van der Waals surface area contributed by atoms with Gasteiger partial charge in [-0.1, -0.05) is 19.9 Å². The number of pyridine rings is 4. The Morgan fingerprint density at radius 3 is 2.35 bits per heavy atom. The highest BCUT2D eigenvalue weighted by atomic mass is 19.4. The van der Waals surface area contributed by atoms with Crippen LogP contribution in [0.15, 0.2) is 54.9 Å². The zero-order valence-electron chi connectivity index (χ0n) is 19.1. The molecule has 2 N–H and O–H groups in total. The Kier molecular flexibility index (Phi) is 5.99. The van der Waals surface area contributed by atoms with Gasteiger partial charge < -0.3 is 10.4 Å². The van der Waals surface area contributed by atoms with Gasteiger partial charge in [-0.05, 0) is 56.2 Å². The van der Waals surface area contributed by atoms with Gasteiger partial charge in [0.15, 0.2) is 5.65 Å². The van der Waals surface area contributed by atoms with Crippen LogP contribution in [-0.4, -0.2) is 25.0 Å². The molecule has 0 aromatic carbocycles. The first-order valence-electron chi connectivity index (χ1n) is 10.7.